The van der Waals surface area contributed by atoms with E-state index in [1.807, 2.05) is 30.3 Å². The van der Waals surface area contributed by atoms with E-state index in [0.29, 0.717) is 21.5 Å². The fourth-order valence-corrected chi connectivity index (χ4v) is 2.82. The predicted molar refractivity (Wildman–Crippen MR) is 106 cm³/mol. The number of benzene rings is 2. The highest BCUT2D eigenvalue weighted by atomic mass is 35.5. The Bertz CT molecular complexity index is 847. The molecule has 0 spiro atoms. The molecule has 1 N–H and O–H groups in total. The molecule has 1 atom stereocenters. The van der Waals surface area contributed by atoms with Gasteiger partial charge in [0.1, 0.15) is 0 Å². The number of ether oxygens (including phenoxy) is 1. The average Bonchev–Trinajstić information content (AvgIpc) is 2.96. The maximum absolute atomic E-state index is 11.9. The Morgan fingerprint density at radius 1 is 1.20 bits per heavy atom. The first-order valence-electron chi connectivity index (χ1n) is 7.84. The zero-order chi connectivity index (χ0) is 18.4. The van der Waals surface area contributed by atoms with Crippen molar-refractivity contribution in [2.45, 2.75) is 26.6 Å². The molecule has 1 aromatic heterocycles. The van der Waals surface area contributed by atoms with Gasteiger partial charge >= 0.3 is 6.09 Å². The normalized spacial score (nSPS) is 10.5. The highest BCUT2D eigenvalue weighted by Gasteiger charge is 2.16. The van der Waals surface area contributed by atoms with Crippen LogP contribution in [0, 0.1) is 0 Å². The van der Waals surface area contributed by atoms with Crippen LogP contribution >= 0.6 is 20.8 Å². The molecule has 3 aromatic rings. The number of nitrogens with zero attached hydrogens (tertiary/aromatic N) is 1. The summed E-state index contributed by atoms with van der Waals surface area (Å²) in [4.78, 5) is 11.9. The van der Waals surface area contributed by atoms with Gasteiger partial charge in [0, 0.05) is 17.1 Å². The van der Waals surface area contributed by atoms with Gasteiger partial charge in [-0.05, 0) is 31.3 Å². The molecule has 1 heterocycles. The number of carbonyl (C=O) groups excluding carboxylic acids is 1. The van der Waals surface area contributed by atoms with Gasteiger partial charge in [0.05, 0.1) is 23.3 Å². The lowest BCUT2D eigenvalue weighted by Gasteiger charge is -2.09. The molecule has 4 nitrogen and oxygen atoms in total. The Balaban J connectivity index is 0.000000269. The van der Waals surface area contributed by atoms with Crippen molar-refractivity contribution in [2.75, 3.05) is 0 Å². The molecule has 0 aliphatic heterocycles. The average molecular weight is 378 g/mol. The third kappa shape index (κ3) is 5.05. The van der Waals surface area contributed by atoms with Crippen LogP contribution in [0.25, 0.3) is 10.9 Å². The Labute approximate surface area is 154 Å². The molecule has 1 unspecified atom stereocenters. The van der Waals surface area contributed by atoms with E-state index in [9.17, 15) is 9.90 Å². The first kappa shape index (κ1) is 19.5. The van der Waals surface area contributed by atoms with Crippen LogP contribution in [-0.4, -0.2) is 21.9 Å². The van der Waals surface area contributed by atoms with E-state index < -0.39 is 6.09 Å². The first-order valence-corrected chi connectivity index (χ1v) is 8.80. The minimum atomic E-state index is -0.475. The summed E-state index contributed by atoms with van der Waals surface area (Å²) in [5, 5.41) is 11.7. The molecule has 0 bridgehead atoms. The SMILES string of the molecule is CC(C)OC(=O)n1cc(CO)c2c(Cl)cccc21.Pc1ccccc1. The van der Waals surface area contributed by atoms with E-state index in [-0.39, 0.29) is 12.7 Å². The maximum atomic E-state index is 11.9. The minimum Gasteiger partial charge on any atom is -0.446 e. The maximum Gasteiger partial charge on any atom is 0.418 e. The topological polar surface area (TPSA) is 51.5 Å². The second-order valence-corrected chi connectivity index (χ2v) is 6.73. The lowest BCUT2D eigenvalue weighted by atomic mass is 10.2. The van der Waals surface area contributed by atoms with Crippen LogP contribution in [-0.2, 0) is 11.3 Å². The predicted octanol–water partition coefficient (Wildman–Crippen LogP) is 4.37. The van der Waals surface area contributed by atoms with Gasteiger partial charge in [-0.2, -0.15) is 0 Å². The van der Waals surface area contributed by atoms with Crippen LogP contribution < -0.4 is 5.30 Å². The van der Waals surface area contributed by atoms with Crippen LogP contribution in [0.15, 0.2) is 54.7 Å². The number of aliphatic hydroxyl groups excluding tert-OH is 1. The molecule has 0 amide bonds. The van der Waals surface area contributed by atoms with Gasteiger partial charge in [-0.3, -0.25) is 4.57 Å². The van der Waals surface area contributed by atoms with Gasteiger partial charge in [-0.1, -0.05) is 48.0 Å². The standard InChI is InChI=1S/C13H14ClNO3.C6H7P/c1-8(2)18-13(17)15-6-9(7-16)12-10(14)4-3-5-11(12)15;7-6-4-2-1-3-5-6/h3-6,8,16H,7H2,1-2H3;1-5H,7H2. The number of aliphatic hydroxyl groups is 1. The zero-order valence-corrected chi connectivity index (χ0v) is 16.1. The molecule has 0 aliphatic rings. The Kier molecular flexibility index (Phi) is 7.01. The first-order chi connectivity index (χ1) is 11.9. The molecule has 2 aromatic carbocycles. The smallest absolute Gasteiger partial charge is 0.418 e. The van der Waals surface area contributed by atoms with Crippen molar-refractivity contribution >= 4 is 43.1 Å². The van der Waals surface area contributed by atoms with Crippen LogP contribution in [0.5, 0.6) is 0 Å². The second kappa shape index (κ2) is 9.00. The summed E-state index contributed by atoms with van der Waals surface area (Å²) in [6.45, 7) is 3.38. The van der Waals surface area contributed by atoms with E-state index in [4.69, 9.17) is 16.3 Å². The molecule has 0 saturated heterocycles. The fourth-order valence-electron chi connectivity index (χ4n) is 2.30. The van der Waals surface area contributed by atoms with E-state index in [0.717, 1.165) is 0 Å². The third-order valence-corrected chi connectivity index (χ3v) is 4.06. The molecular weight excluding hydrogens is 357 g/mol. The van der Waals surface area contributed by atoms with Gasteiger partial charge in [0.2, 0.25) is 0 Å². The highest BCUT2D eigenvalue weighted by molar-refractivity contribution is 7.27. The van der Waals surface area contributed by atoms with Crippen LogP contribution in [0.1, 0.15) is 19.4 Å². The molecule has 0 aliphatic carbocycles. The quantitative estimate of drug-likeness (QED) is 0.675. The van der Waals surface area contributed by atoms with E-state index in [1.54, 1.807) is 38.2 Å². The van der Waals surface area contributed by atoms with Gasteiger partial charge in [0.25, 0.3) is 0 Å². The number of hydrogen-bond acceptors (Lipinski definition) is 3. The van der Waals surface area contributed by atoms with E-state index >= 15 is 0 Å². The Morgan fingerprint density at radius 3 is 2.40 bits per heavy atom. The van der Waals surface area contributed by atoms with Crippen molar-refractivity contribution in [3.8, 4) is 0 Å². The van der Waals surface area contributed by atoms with Crippen molar-refractivity contribution in [2.24, 2.45) is 0 Å². The second-order valence-electron chi connectivity index (χ2n) is 5.66. The third-order valence-electron chi connectivity index (χ3n) is 3.36. The number of halogens is 1. The summed E-state index contributed by atoms with van der Waals surface area (Å²) in [5.41, 5.74) is 1.24. The van der Waals surface area contributed by atoms with Gasteiger partial charge < -0.3 is 9.84 Å². The molecule has 0 saturated carbocycles. The van der Waals surface area contributed by atoms with Crippen molar-refractivity contribution in [3.63, 3.8) is 0 Å². The van der Waals surface area contributed by atoms with Crippen molar-refractivity contribution in [1.82, 2.24) is 4.57 Å². The van der Waals surface area contributed by atoms with Crippen LogP contribution in [0.3, 0.4) is 0 Å². The van der Waals surface area contributed by atoms with Gasteiger partial charge in [-0.15, -0.1) is 9.24 Å². The summed E-state index contributed by atoms with van der Waals surface area (Å²) in [6, 6.07) is 15.4. The van der Waals surface area contributed by atoms with Gasteiger partial charge in [0.15, 0.2) is 0 Å². The number of carbonyl (C=O) groups is 1. The van der Waals surface area contributed by atoms with E-state index in [2.05, 4.69) is 9.24 Å². The zero-order valence-electron chi connectivity index (χ0n) is 14.1. The summed E-state index contributed by atoms with van der Waals surface area (Å²) >= 11 is 6.09. The molecule has 6 heteroatoms. The molecule has 0 fully saturated rings. The molecule has 0 radical (unpaired) electrons. The summed E-state index contributed by atoms with van der Waals surface area (Å²) < 4.78 is 6.51. The van der Waals surface area contributed by atoms with E-state index in [1.165, 1.54) is 9.87 Å². The fraction of sp³-hybridized carbons (Fsp3) is 0.211. The number of fused-ring (bicyclic) bond motifs is 1. The van der Waals surface area contributed by atoms with Crippen molar-refractivity contribution in [3.05, 3.63) is 65.3 Å². The van der Waals surface area contributed by atoms with Crippen molar-refractivity contribution in [1.29, 1.82) is 0 Å². The highest BCUT2D eigenvalue weighted by Crippen LogP contribution is 2.29. The Morgan fingerprint density at radius 2 is 1.88 bits per heavy atom. The summed E-state index contributed by atoms with van der Waals surface area (Å²) in [7, 11) is 2.63. The van der Waals surface area contributed by atoms with Crippen LogP contribution in [0.2, 0.25) is 5.02 Å². The lowest BCUT2D eigenvalue weighted by molar-refractivity contribution is 0.118. The molecular formula is C19H21ClNO3P. The summed E-state index contributed by atoms with van der Waals surface area (Å²) in [6.07, 6.45) is 0.880. The monoisotopic (exact) mass is 377 g/mol. The summed E-state index contributed by atoms with van der Waals surface area (Å²) in [5.74, 6) is 0. The molecule has 3 rings (SSSR count). The largest absolute Gasteiger partial charge is 0.446 e. The minimum absolute atomic E-state index is 0.178. The van der Waals surface area contributed by atoms with Gasteiger partial charge in [-0.25, -0.2) is 4.79 Å². The lowest BCUT2D eigenvalue weighted by Crippen LogP contribution is -2.17. The Hall–Kier alpha value is -1.87. The number of hydrogen-bond donors (Lipinski definition) is 1. The number of aromatic nitrogens is 1. The number of rotatable bonds is 2. The van der Waals surface area contributed by atoms with Crippen LogP contribution in [0.4, 0.5) is 4.79 Å². The molecule has 25 heavy (non-hydrogen) atoms. The molecule has 132 valence electrons. The van der Waals surface area contributed by atoms with Crippen molar-refractivity contribution < 1.29 is 14.6 Å².